The van der Waals surface area contributed by atoms with Crippen LogP contribution in [-0.4, -0.2) is 34.1 Å². The second kappa shape index (κ2) is 8.03. The Bertz CT molecular complexity index is 198. The van der Waals surface area contributed by atoms with E-state index < -0.39 is 30.3 Å². The number of nitrogens with one attached hydrogen (secondary N) is 1. The Balaban J connectivity index is 0. The Morgan fingerprint density at radius 3 is 1.86 bits per heavy atom. The van der Waals surface area contributed by atoms with Crippen molar-refractivity contribution in [3.8, 4) is 0 Å². The van der Waals surface area contributed by atoms with Crippen molar-refractivity contribution >= 4 is 17.8 Å². The van der Waals surface area contributed by atoms with Crippen molar-refractivity contribution in [3.63, 3.8) is 0 Å². The van der Waals surface area contributed by atoms with E-state index in [0.29, 0.717) is 0 Å². The Labute approximate surface area is 81.9 Å². The van der Waals surface area contributed by atoms with Gasteiger partial charge in [-0.05, 0) is 0 Å². The molecule has 0 saturated heterocycles. The third kappa shape index (κ3) is 8.51. The van der Waals surface area contributed by atoms with Gasteiger partial charge in [0.1, 0.15) is 6.04 Å². The lowest BCUT2D eigenvalue weighted by Gasteiger charge is -2.09. The minimum Gasteiger partial charge on any atom is -0.481 e. The van der Waals surface area contributed by atoms with Crippen molar-refractivity contribution in [3.05, 3.63) is 0 Å². The molecule has 1 amide bonds. The van der Waals surface area contributed by atoms with Gasteiger partial charge >= 0.3 is 11.9 Å². The maximum atomic E-state index is 10.4. The largest absolute Gasteiger partial charge is 0.481 e. The number of carboxylic acids is 2. The predicted octanol–water partition coefficient (Wildman–Crippen LogP) is 0.0766. The molecule has 14 heavy (non-hydrogen) atoms. The van der Waals surface area contributed by atoms with Crippen molar-refractivity contribution < 1.29 is 24.6 Å². The second-order valence-corrected chi connectivity index (χ2v) is 2.19. The molecule has 82 valence electrons. The van der Waals surface area contributed by atoms with Crippen molar-refractivity contribution in [2.45, 2.75) is 33.2 Å². The summed E-state index contributed by atoms with van der Waals surface area (Å²) >= 11 is 0. The minimum atomic E-state index is -1.35. The van der Waals surface area contributed by atoms with Crippen LogP contribution < -0.4 is 5.32 Å². The van der Waals surface area contributed by atoms with Gasteiger partial charge in [-0.25, -0.2) is 4.79 Å². The van der Waals surface area contributed by atoms with E-state index in [1.807, 2.05) is 19.2 Å². The quantitative estimate of drug-likeness (QED) is 0.602. The molecule has 0 aromatic rings. The molecule has 6 nitrogen and oxygen atoms in total. The summed E-state index contributed by atoms with van der Waals surface area (Å²) in [7, 11) is 0. The summed E-state index contributed by atoms with van der Waals surface area (Å²) < 4.78 is 0. The van der Waals surface area contributed by atoms with Crippen LogP contribution in [0.25, 0.3) is 0 Å². The Morgan fingerprint density at radius 2 is 1.64 bits per heavy atom. The molecule has 0 fully saturated rings. The van der Waals surface area contributed by atoms with Crippen LogP contribution in [0.1, 0.15) is 27.2 Å². The normalized spacial score (nSPS) is 10.5. The fourth-order valence-corrected chi connectivity index (χ4v) is 0.620. The van der Waals surface area contributed by atoms with E-state index in [4.69, 9.17) is 10.2 Å². The van der Waals surface area contributed by atoms with Crippen LogP contribution in [0.2, 0.25) is 0 Å². The summed E-state index contributed by atoms with van der Waals surface area (Å²) in [6.45, 7) is 5.12. The van der Waals surface area contributed by atoms with Gasteiger partial charge in [0.05, 0.1) is 6.42 Å². The molecule has 0 spiro atoms. The molecule has 0 heterocycles. The van der Waals surface area contributed by atoms with Gasteiger partial charge in [-0.3, -0.25) is 9.59 Å². The molecule has 0 aromatic carbocycles. The van der Waals surface area contributed by atoms with Crippen LogP contribution in [0.5, 0.6) is 0 Å². The zero-order valence-electron chi connectivity index (χ0n) is 8.40. The van der Waals surface area contributed by atoms with E-state index in [9.17, 15) is 14.4 Å². The highest BCUT2D eigenvalue weighted by Crippen LogP contribution is 1.91. The lowest BCUT2D eigenvalue weighted by Crippen LogP contribution is -2.41. The second-order valence-electron chi connectivity index (χ2n) is 2.19. The lowest BCUT2D eigenvalue weighted by molar-refractivity contribution is -0.147. The number of carboxylic acid groups (broad SMARTS) is 2. The molecule has 0 saturated carbocycles. The monoisotopic (exact) mass is 205 g/mol. The van der Waals surface area contributed by atoms with Gasteiger partial charge in [0, 0.05) is 6.92 Å². The molecule has 0 aliphatic heterocycles. The molecule has 0 unspecified atom stereocenters. The van der Waals surface area contributed by atoms with E-state index in [0.717, 1.165) is 6.92 Å². The highest BCUT2D eigenvalue weighted by molar-refractivity contribution is 5.85. The maximum absolute atomic E-state index is 10.4. The minimum absolute atomic E-state index is 0.566. The number of rotatable bonds is 4. The highest BCUT2D eigenvalue weighted by Gasteiger charge is 2.21. The first-order chi connectivity index (χ1) is 6.43. The van der Waals surface area contributed by atoms with Crippen LogP contribution in [0.3, 0.4) is 0 Å². The van der Waals surface area contributed by atoms with Crippen molar-refractivity contribution in [1.29, 1.82) is 0 Å². The zero-order valence-corrected chi connectivity index (χ0v) is 8.40. The van der Waals surface area contributed by atoms with Crippen LogP contribution in [0, 0.1) is 0 Å². The summed E-state index contributed by atoms with van der Waals surface area (Å²) in [5, 5.41) is 18.6. The average Bonchev–Trinajstić information content (AvgIpc) is 2.05. The zero-order chi connectivity index (χ0) is 11.7. The van der Waals surface area contributed by atoms with E-state index in [1.54, 1.807) is 0 Å². The molecule has 0 bridgehead atoms. The molecule has 0 aliphatic rings. The Morgan fingerprint density at radius 1 is 1.21 bits per heavy atom. The van der Waals surface area contributed by atoms with E-state index in [2.05, 4.69) is 0 Å². The average molecular weight is 205 g/mol. The third-order valence-corrected chi connectivity index (χ3v) is 1.05. The van der Waals surface area contributed by atoms with Gasteiger partial charge in [-0.2, -0.15) is 0 Å². The highest BCUT2D eigenvalue weighted by atomic mass is 16.4. The van der Waals surface area contributed by atoms with Crippen molar-refractivity contribution in [1.82, 2.24) is 5.32 Å². The summed E-state index contributed by atoms with van der Waals surface area (Å²) in [5.41, 5.74) is 0. The fraction of sp³-hybridized carbons (Fsp3) is 0.625. The van der Waals surface area contributed by atoms with Gasteiger partial charge in [0.25, 0.3) is 0 Å². The summed E-state index contributed by atoms with van der Waals surface area (Å²) in [4.78, 5) is 30.7. The van der Waals surface area contributed by atoms with Crippen LogP contribution in [-0.2, 0) is 14.4 Å². The number of aliphatic carboxylic acids is 2. The maximum Gasteiger partial charge on any atom is 0.326 e. The first-order valence-corrected chi connectivity index (χ1v) is 4.15. The number of hydrogen-bond acceptors (Lipinski definition) is 3. The molecule has 1 atom stereocenters. The predicted molar refractivity (Wildman–Crippen MR) is 48.8 cm³/mol. The Kier molecular flexibility index (Phi) is 8.55. The van der Waals surface area contributed by atoms with Gasteiger partial charge in [0.15, 0.2) is 0 Å². The molecule has 0 radical (unpaired) electrons. The van der Waals surface area contributed by atoms with E-state index >= 15 is 0 Å². The summed E-state index contributed by atoms with van der Waals surface area (Å²) in [6, 6.07) is -1.35. The molecular weight excluding hydrogens is 190 g/mol. The number of amides is 1. The van der Waals surface area contributed by atoms with E-state index in [1.165, 1.54) is 0 Å². The molecule has 0 rings (SSSR count). The first kappa shape index (κ1) is 14.9. The molecule has 0 aromatic heterocycles. The van der Waals surface area contributed by atoms with Gasteiger partial charge in [-0.15, -0.1) is 0 Å². The van der Waals surface area contributed by atoms with Crippen molar-refractivity contribution in [2.24, 2.45) is 0 Å². The number of hydrogen-bond donors (Lipinski definition) is 3. The third-order valence-electron chi connectivity index (χ3n) is 1.05. The van der Waals surface area contributed by atoms with Crippen LogP contribution in [0.15, 0.2) is 0 Å². The lowest BCUT2D eigenvalue weighted by atomic mass is 10.2. The van der Waals surface area contributed by atoms with Crippen LogP contribution in [0.4, 0.5) is 0 Å². The number of carbonyl (C=O) groups excluding carboxylic acids is 1. The molecule has 6 heteroatoms. The number of carbonyl (C=O) groups is 3. The Hall–Kier alpha value is -1.59. The smallest absolute Gasteiger partial charge is 0.326 e. The van der Waals surface area contributed by atoms with Crippen molar-refractivity contribution in [2.75, 3.05) is 0 Å². The van der Waals surface area contributed by atoms with Gasteiger partial charge in [-0.1, -0.05) is 13.8 Å². The summed E-state index contributed by atoms with van der Waals surface area (Å²) in [6.07, 6.45) is -0.616. The SMILES string of the molecule is CC.CC(=O)N[C@@H](CC(=O)O)C(=O)O. The fourth-order valence-electron chi connectivity index (χ4n) is 0.620. The van der Waals surface area contributed by atoms with Gasteiger partial charge in [0.2, 0.25) is 5.91 Å². The summed E-state index contributed by atoms with van der Waals surface area (Å²) in [5.74, 6) is -3.19. The molecular formula is C8H15NO5. The molecule has 0 aliphatic carbocycles. The topological polar surface area (TPSA) is 104 Å². The molecule has 3 N–H and O–H groups in total. The van der Waals surface area contributed by atoms with Crippen LogP contribution >= 0.6 is 0 Å². The first-order valence-electron chi connectivity index (χ1n) is 4.15. The van der Waals surface area contributed by atoms with Gasteiger partial charge < -0.3 is 15.5 Å². The van der Waals surface area contributed by atoms with E-state index in [-0.39, 0.29) is 0 Å². The standard InChI is InChI=1S/C6H9NO5.C2H6/c1-3(8)7-4(6(11)12)2-5(9)10;1-2/h4H,2H2,1H3,(H,7,8)(H,9,10)(H,11,12);1-2H3/t4-;/m0./s1.